The molecule has 0 bridgehead atoms. The highest BCUT2D eigenvalue weighted by molar-refractivity contribution is 7.20. The fraction of sp³-hybridized carbons (Fsp3) is 0.625. The van der Waals surface area contributed by atoms with Crippen LogP contribution in [0.2, 0.25) is 0 Å². The molecule has 0 aromatic carbocycles. The number of halogens is 1. The highest BCUT2D eigenvalue weighted by atomic mass is 35.5. The monoisotopic (exact) mass is 461 g/mol. The first kappa shape index (κ1) is 22.5. The number of hydrogen-bond acceptors (Lipinski definition) is 4. The third-order valence-corrected chi connectivity index (χ3v) is 8.24. The molecule has 2 aliphatic rings. The summed E-state index contributed by atoms with van der Waals surface area (Å²) in [6.07, 6.45) is 13.0. The van der Waals surface area contributed by atoms with Crippen molar-refractivity contribution in [2.24, 2.45) is 11.8 Å². The number of aromatic nitrogens is 1. The number of unbranched alkanes of at least 4 members (excludes halogenated alkanes) is 1. The van der Waals surface area contributed by atoms with Crippen LogP contribution in [-0.2, 0) is 4.79 Å². The second-order valence-electron chi connectivity index (χ2n) is 9.01. The molecular weight excluding hydrogens is 430 g/mol. The molecule has 1 N–H and O–H groups in total. The topological polar surface area (TPSA) is 62.3 Å². The van der Waals surface area contributed by atoms with E-state index in [9.17, 15) is 9.59 Å². The third-order valence-electron chi connectivity index (χ3n) is 6.76. The van der Waals surface area contributed by atoms with Crippen LogP contribution in [0.4, 0.5) is 0 Å². The fourth-order valence-corrected chi connectivity index (χ4v) is 6.21. The average molecular weight is 462 g/mol. The van der Waals surface area contributed by atoms with E-state index in [2.05, 4.69) is 15.2 Å². The van der Waals surface area contributed by atoms with Crippen molar-refractivity contribution in [1.82, 2.24) is 15.2 Å². The molecule has 31 heavy (non-hydrogen) atoms. The zero-order valence-corrected chi connectivity index (χ0v) is 19.6. The standard InChI is InChI=1S/C24H32ClN3O2S/c25-20-6-3-5-19(14-20)24(30)28-12-8-17(9-13-28)4-1-2-10-27-23(29)21-15-18-7-11-26-16-22(18)31-21/h7,11,15-17,19-20H,1-6,8-10,12-14H2,(H,27,29). The number of rotatable bonds is 7. The molecule has 2 fully saturated rings. The average Bonchev–Trinajstić information content (AvgIpc) is 3.23. The molecule has 1 aliphatic carbocycles. The predicted molar refractivity (Wildman–Crippen MR) is 127 cm³/mol. The zero-order chi connectivity index (χ0) is 21.6. The van der Waals surface area contributed by atoms with Gasteiger partial charge in [0, 0.05) is 43.3 Å². The molecule has 2 amide bonds. The first-order valence-corrected chi connectivity index (χ1v) is 12.9. The van der Waals surface area contributed by atoms with Crippen LogP contribution >= 0.6 is 22.9 Å². The molecule has 1 saturated carbocycles. The maximum Gasteiger partial charge on any atom is 0.261 e. The van der Waals surface area contributed by atoms with Gasteiger partial charge in [-0.1, -0.05) is 19.3 Å². The Balaban J connectivity index is 1.11. The molecule has 7 heteroatoms. The molecule has 3 heterocycles. The van der Waals surface area contributed by atoms with Crippen LogP contribution in [0.25, 0.3) is 10.1 Å². The van der Waals surface area contributed by atoms with E-state index < -0.39 is 0 Å². The molecule has 2 unspecified atom stereocenters. The summed E-state index contributed by atoms with van der Waals surface area (Å²) in [7, 11) is 0. The molecule has 168 valence electrons. The van der Waals surface area contributed by atoms with Gasteiger partial charge in [-0.15, -0.1) is 22.9 Å². The lowest BCUT2D eigenvalue weighted by molar-refractivity contribution is -0.138. The first-order chi connectivity index (χ1) is 15.1. The van der Waals surface area contributed by atoms with Gasteiger partial charge in [0.15, 0.2) is 0 Å². The minimum Gasteiger partial charge on any atom is -0.351 e. The molecule has 4 rings (SSSR count). The van der Waals surface area contributed by atoms with E-state index in [1.807, 2.05) is 12.1 Å². The van der Waals surface area contributed by atoms with Crippen LogP contribution in [0, 0.1) is 11.8 Å². The largest absolute Gasteiger partial charge is 0.351 e. The Morgan fingerprint density at radius 2 is 2.03 bits per heavy atom. The summed E-state index contributed by atoms with van der Waals surface area (Å²) in [6, 6.07) is 3.87. The normalized spacial score (nSPS) is 22.5. The number of piperidine rings is 1. The summed E-state index contributed by atoms with van der Waals surface area (Å²) in [6.45, 7) is 2.50. The van der Waals surface area contributed by atoms with Crippen LogP contribution in [0.15, 0.2) is 24.5 Å². The highest BCUT2D eigenvalue weighted by Gasteiger charge is 2.31. The first-order valence-electron chi connectivity index (χ1n) is 11.6. The van der Waals surface area contributed by atoms with Gasteiger partial charge in [-0.25, -0.2) is 0 Å². The van der Waals surface area contributed by atoms with Crippen LogP contribution < -0.4 is 5.32 Å². The van der Waals surface area contributed by atoms with E-state index in [-0.39, 0.29) is 17.2 Å². The summed E-state index contributed by atoms with van der Waals surface area (Å²) in [5.41, 5.74) is 0. The van der Waals surface area contributed by atoms with E-state index in [0.717, 1.165) is 79.4 Å². The number of nitrogens with one attached hydrogen (secondary N) is 1. The van der Waals surface area contributed by atoms with Gasteiger partial charge in [0.05, 0.1) is 9.58 Å². The Kier molecular flexibility index (Phi) is 7.83. The number of carbonyl (C=O) groups is 2. The molecule has 2 atom stereocenters. The van der Waals surface area contributed by atoms with Crippen molar-refractivity contribution in [2.45, 2.75) is 63.2 Å². The maximum absolute atomic E-state index is 12.8. The highest BCUT2D eigenvalue weighted by Crippen LogP contribution is 2.31. The molecule has 1 saturated heterocycles. The number of nitrogens with zero attached hydrogens (tertiary/aromatic N) is 2. The second-order valence-corrected chi connectivity index (χ2v) is 10.7. The van der Waals surface area contributed by atoms with Gasteiger partial charge in [-0.2, -0.15) is 0 Å². The van der Waals surface area contributed by atoms with Crippen molar-refractivity contribution in [3.63, 3.8) is 0 Å². The van der Waals surface area contributed by atoms with E-state index in [4.69, 9.17) is 11.6 Å². The fourth-order valence-electron chi connectivity index (χ4n) is 4.90. The lowest BCUT2D eigenvalue weighted by Gasteiger charge is -2.36. The predicted octanol–water partition coefficient (Wildman–Crippen LogP) is 5.23. The zero-order valence-electron chi connectivity index (χ0n) is 18.0. The number of likely N-dealkylation sites (tertiary alicyclic amines) is 1. The molecule has 0 radical (unpaired) electrons. The Bertz CT molecular complexity index is 861. The molecule has 0 spiro atoms. The molecular formula is C24H32ClN3O2S. The van der Waals surface area contributed by atoms with Crippen molar-refractivity contribution in [3.8, 4) is 0 Å². The summed E-state index contributed by atoms with van der Waals surface area (Å²) < 4.78 is 1.04. The van der Waals surface area contributed by atoms with E-state index in [1.165, 1.54) is 17.8 Å². The van der Waals surface area contributed by atoms with Gasteiger partial charge in [0.1, 0.15) is 0 Å². The van der Waals surface area contributed by atoms with Gasteiger partial charge in [0.25, 0.3) is 5.91 Å². The molecule has 2 aromatic heterocycles. The van der Waals surface area contributed by atoms with Gasteiger partial charge < -0.3 is 10.2 Å². The van der Waals surface area contributed by atoms with Gasteiger partial charge in [-0.05, 0) is 62.0 Å². The Labute approximate surface area is 193 Å². The van der Waals surface area contributed by atoms with Gasteiger partial charge >= 0.3 is 0 Å². The van der Waals surface area contributed by atoms with Crippen LogP contribution in [0.3, 0.4) is 0 Å². The van der Waals surface area contributed by atoms with Crippen molar-refractivity contribution in [1.29, 1.82) is 0 Å². The lowest BCUT2D eigenvalue weighted by atomic mass is 9.86. The number of carbonyl (C=O) groups excluding carboxylic acids is 2. The van der Waals surface area contributed by atoms with E-state index >= 15 is 0 Å². The number of hydrogen-bond donors (Lipinski definition) is 1. The summed E-state index contributed by atoms with van der Waals surface area (Å²) in [5, 5.41) is 4.29. The molecule has 5 nitrogen and oxygen atoms in total. The summed E-state index contributed by atoms with van der Waals surface area (Å²) in [5.74, 6) is 1.19. The summed E-state index contributed by atoms with van der Waals surface area (Å²) in [4.78, 5) is 32.1. The minimum absolute atomic E-state index is 0.00918. The number of alkyl halides is 1. The van der Waals surface area contributed by atoms with Gasteiger partial charge in [0.2, 0.25) is 5.91 Å². The van der Waals surface area contributed by atoms with Crippen LogP contribution in [0.5, 0.6) is 0 Å². The number of amides is 2. The Hall–Kier alpha value is -1.66. The van der Waals surface area contributed by atoms with E-state index in [1.54, 1.807) is 12.4 Å². The summed E-state index contributed by atoms with van der Waals surface area (Å²) >= 11 is 7.76. The van der Waals surface area contributed by atoms with Crippen LogP contribution in [0.1, 0.15) is 67.5 Å². The van der Waals surface area contributed by atoms with E-state index in [0.29, 0.717) is 18.4 Å². The van der Waals surface area contributed by atoms with Crippen molar-refractivity contribution < 1.29 is 9.59 Å². The van der Waals surface area contributed by atoms with Crippen molar-refractivity contribution in [3.05, 3.63) is 29.4 Å². The SMILES string of the molecule is O=C(NCCCCC1CCN(C(=O)C2CCCC(Cl)C2)CC1)c1cc2ccncc2s1. The molecule has 1 aliphatic heterocycles. The van der Waals surface area contributed by atoms with Crippen molar-refractivity contribution in [2.75, 3.05) is 19.6 Å². The smallest absolute Gasteiger partial charge is 0.261 e. The van der Waals surface area contributed by atoms with Crippen LogP contribution in [-0.4, -0.2) is 46.7 Å². The quantitative estimate of drug-likeness (QED) is 0.453. The van der Waals surface area contributed by atoms with Gasteiger partial charge in [-0.3, -0.25) is 14.6 Å². The van der Waals surface area contributed by atoms with Crippen molar-refractivity contribution >= 4 is 44.8 Å². The number of thiophene rings is 1. The minimum atomic E-state index is 0.00918. The number of fused-ring (bicyclic) bond motifs is 1. The Morgan fingerprint density at radius 3 is 2.81 bits per heavy atom. The molecule has 2 aromatic rings. The maximum atomic E-state index is 12.8. The Morgan fingerprint density at radius 1 is 1.19 bits per heavy atom. The third kappa shape index (κ3) is 5.98. The lowest BCUT2D eigenvalue weighted by Crippen LogP contribution is -2.43. The second kappa shape index (κ2) is 10.8. The number of pyridine rings is 1.